The van der Waals surface area contributed by atoms with Gasteiger partial charge >= 0.3 is 0 Å². The maximum absolute atomic E-state index is 4.81. The quantitative estimate of drug-likeness (QED) is 0.850. The molecule has 0 spiro atoms. The van der Waals surface area contributed by atoms with Crippen LogP contribution in [0, 0.1) is 6.92 Å². The van der Waals surface area contributed by atoms with E-state index in [2.05, 4.69) is 45.3 Å². The molecule has 0 amide bonds. The molecule has 1 aliphatic carbocycles. The average molecular weight is 290 g/mol. The molecule has 0 aromatic carbocycles. The van der Waals surface area contributed by atoms with Gasteiger partial charge in [0.15, 0.2) is 0 Å². The number of hydrogen-bond acceptors (Lipinski definition) is 4. The summed E-state index contributed by atoms with van der Waals surface area (Å²) in [5, 5.41) is 7.10. The standard InChI is InChI=1S/C17H30N4/c1-6-11-18-14-12(2)15(19-13-9-7-8-10-13)21-16(20-14)17(3,4)5/h13H,6-11H2,1-5H3,(H2,18,19,20,21). The minimum absolute atomic E-state index is 0.0392. The van der Waals surface area contributed by atoms with Crippen molar-refractivity contribution >= 4 is 11.6 Å². The summed E-state index contributed by atoms with van der Waals surface area (Å²) in [7, 11) is 0. The van der Waals surface area contributed by atoms with E-state index in [-0.39, 0.29) is 5.41 Å². The second-order valence-corrected chi connectivity index (χ2v) is 7.17. The predicted octanol–water partition coefficient (Wildman–Crippen LogP) is 4.26. The summed E-state index contributed by atoms with van der Waals surface area (Å²) in [6, 6.07) is 0.574. The summed E-state index contributed by atoms with van der Waals surface area (Å²) in [4.78, 5) is 9.57. The molecular weight excluding hydrogens is 260 g/mol. The molecule has 118 valence electrons. The average Bonchev–Trinajstić information content (AvgIpc) is 2.91. The van der Waals surface area contributed by atoms with Gasteiger partial charge in [0.05, 0.1) is 0 Å². The Balaban J connectivity index is 2.31. The van der Waals surface area contributed by atoms with Crippen LogP contribution in [-0.2, 0) is 5.41 Å². The van der Waals surface area contributed by atoms with Crippen LogP contribution in [0.5, 0.6) is 0 Å². The molecule has 0 atom stereocenters. The summed E-state index contributed by atoms with van der Waals surface area (Å²) < 4.78 is 0. The van der Waals surface area contributed by atoms with Gasteiger partial charge in [-0.2, -0.15) is 0 Å². The van der Waals surface area contributed by atoms with Crippen molar-refractivity contribution in [2.45, 2.75) is 78.2 Å². The van der Waals surface area contributed by atoms with E-state index in [1.54, 1.807) is 0 Å². The van der Waals surface area contributed by atoms with Gasteiger partial charge in [0.1, 0.15) is 17.5 Å². The molecular formula is C17H30N4. The lowest BCUT2D eigenvalue weighted by Crippen LogP contribution is -2.23. The normalized spacial score (nSPS) is 16.2. The van der Waals surface area contributed by atoms with Gasteiger partial charge in [-0.15, -0.1) is 0 Å². The van der Waals surface area contributed by atoms with Gasteiger partial charge in [0.2, 0.25) is 0 Å². The van der Waals surface area contributed by atoms with Crippen LogP contribution >= 0.6 is 0 Å². The van der Waals surface area contributed by atoms with Crippen LogP contribution in [0.3, 0.4) is 0 Å². The Bertz CT molecular complexity index is 470. The van der Waals surface area contributed by atoms with Crippen molar-refractivity contribution in [1.29, 1.82) is 0 Å². The third-order valence-corrected chi connectivity index (χ3v) is 4.06. The zero-order valence-electron chi connectivity index (χ0n) is 14.2. The van der Waals surface area contributed by atoms with E-state index in [0.717, 1.165) is 36.0 Å². The van der Waals surface area contributed by atoms with Crippen molar-refractivity contribution in [3.8, 4) is 0 Å². The van der Waals surface area contributed by atoms with Gasteiger partial charge in [-0.05, 0) is 26.2 Å². The first-order valence-corrected chi connectivity index (χ1v) is 8.31. The van der Waals surface area contributed by atoms with E-state index in [9.17, 15) is 0 Å². The molecule has 4 nitrogen and oxygen atoms in total. The highest BCUT2D eigenvalue weighted by atomic mass is 15.1. The molecule has 4 heteroatoms. The number of nitrogens with zero attached hydrogens (tertiary/aromatic N) is 2. The molecule has 0 radical (unpaired) electrons. The summed E-state index contributed by atoms with van der Waals surface area (Å²) in [6.45, 7) is 11.7. The minimum atomic E-state index is -0.0392. The van der Waals surface area contributed by atoms with Crippen LogP contribution in [0.4, 0.5) is 11.6 Å². The Morgan fingerprint density at radius 3 is 2.29 bits per heavy atom. The minimum Gasteiger partial charge on any atom is -0.370 e. The van der Waals surface area contributed by atoms with Crippen molar-refractivity contribution in [3.05, 3.63) is 11.4 Å². The van der Waals surface area contributed by atoms with Crippen LogP contribution in [0.15, 0.2) is 0 Å². The fourth-order valence-electron chi connectivity index (χ4n) is 2.67. The molecule has 1 fully saturated rings. The lowest BCUT2D eigenvalue weighted by molar-refractivity contribution is 0.545. The fraction of sp³-hybridized carbons (Fsp3) is 0.765. The third kappa shape index (κ3) is 4.08. The topological polar surface area (TPSA) is 49.8 Å². The molecule has 0 bridgehead atoms. The third-order valence-electron chi connectivity index (χ3n) is 4.06. The summed E-state index contributed by atoms with van der Waals surface area (Å²) in [5.74, 6) is 2.91. The second kappa shape index (κ2) is 6.63. The second-order valence-electron chi connectivity index (χ2n) is 7.17. The highest BCUT2D eigenvalue weighted by molar-refractivity contribution is 5.58. The Morgan fingerprint density at radius 2 is 1.71 bits per heavy atom. The Labute approximate surface area is 129 Å². The summed E-state index contributed by atoms with van der Waals surface area (Å²) in [5.41, 5.74) is 1.10. The van der Waals surface area contributed by atoms with Gasteiger partial charge < -0.3 is 10.6 Å². The van der Waals surface area contributed by atoms with Crippen molar-refractivity contribution in [1.82, 2.24) is 9.97 Å². The lowest BCUT2D eigenvalue weighted by atomic mass is 9.95. The number of anilines is 2. The van der Waals surface area contributed by atoms with Crippen molar-refractivity contribution in [2.24, 2.45) is 0 Å². The number of hydrogen-bond donors (Lipinski definition) is 2. The van der Waals surface area contributed by atoms with E-state index >= 15 is 0 Å². The van der Waals surface area contributed by atoms with Crippen LogP contribution in [0.25, 0.3) is 0 Å². The van der Waals surface area contributed by atoms with Crippen molar-refractivity contribution in [2.75, 3.05) is 17.2 Å². The van der Waals surface area contributed by atoms with Crippen LogP contribution in [0.1, 0.15) is 71.2 Å². The molecule has 0 aliphatic heterocycles. The van der Waals surface area contributed by atoms with Crippen molar-refractivity contribution in [3.63, 3.8) is 0 Å². The molecule has 1 saturated carbocycles. The smallest absolute Gasteiger partial charge is 0.138 e. The molecule has 2 N–H and O–H groups in total. The Hall–Kier alpha value is -1.32. The van der Waals surface area contributed by atoms with Crippen LogP contribution < -0.4 is 10.6 Å². The van der Waals surface area contributed by atoms with E-state index in [1.165, 1.54) is 25.7 Å². The zero-order chi connectivity index (χ0) is 15.5. The molecule has 1 aliphatic rings. The van der Waals surface area contributed by atoms with Crippen molar-refractivity contribution < 1.29 is 0 Å². The first-order chi connectivity index (χ1) is 9.91. The van der Waals surface area contributed by atoms with Gasteiger partial charge in [-0.3, -0.25) is 0 Å². The Kier molecular flexibility index (Phi) is 5.07. The number of aromatic nitrogens is 2. The Morgan fingerprint density at radius 1 is 1.10 bits per heavy atom. The zero-order valence-corrected chi connectivity index (χ0v) is 14.2. The first-order valence-electron chi connectivity index (χ1n) is 8.31. The lowest BCUT2D eigenvalue weighted by Gasteiger charge is -2.23. The molecule has 1 aromatic heterocycles. The molecule has 1 heterocycles. The van der Waals surface area contributed by atoms with Gasteiger partial charge in [0.25, 0.3) is 0 Å². The summed E-state index contributed by atoms with van der Waals surface area (Å²) in [6.07, 6.45) is 6.27. The SMILES string of the molecule is CCCNc1nc(C(C)(C)C)nc(NC2CCCC2)c1C. The fourth-order valence-corrected chi connectivity index (χ4v) is 2.67. The van der Waals surface area contributed by atoms with E-state index < -0.39 is 0 Å². The number of nitrogens with one attached hydrogen (secondary N) is 2. The molecule has 0 unspecified atom stereocenters. The molecule has 2 rings (SSSR count). The monoisotopic (exact) mass is 290 g/mol. The van der Waals surface area contributed by atoms with E-state index in [4.69, 9.17) is 9.97 Å². The largest absolute Gasteiger partial charge is 0.370 e. The van der Waals surface area contributed by atoms with Gasteiger partial charge in [-0.1, -0.05) is 40.5 Å². The summed E-state index contributed by atoms with van der Waals surface area (Å²) >= 11 is 0. The first kappa shape index (κ1) is 16.1. The number of rotatable bonds is 5. The van der Waals surface area contributed by atoms with Gasteiger partial charge in [0, 0.05) is 23.6 Å². The maximum atomic E-state index is 4.81. The molecule has 21 heavy (non-hydrogen) atoms. The maximum Gasteiger partial charge on any atom is 0.138 e. The van der Waals surface area contributed by atoms with Crippen LogP contribution in [-0.4, -0.2) is 22.6 Å². The highest BCUT2D eigenvalue weighted by Crippen LogP contribution is 2.29. The van der Waals surface area contributed by atoms with E-state index in [0.29, 0.717) is 6.04 Å². The molecule has 0 saturated heterocycles. The van der Waals surface area contributed by atoms with Crippen LogP contribution in [0.2, 0.25) is 0 Å². The highest BCUT2D eigenvalue weighted by Gasteiger charge is 2.23. The van der Waals surface area contributed by atoms with E-state index in [1.807, 2.05) is 0 Å². The molecule has 1 aromatic rings. The van der Waals surface area contributed by atoms with Gasteiger partial charge in [-0.25, -0.2) is 9.97 Å². The predicted molar refractivity (Wildman–Crippen MR) is 90.1 cm³/mol.